The zero-order valence-electron chi connectivity index (χ0n) is 10.0. The molecule has 1 aromatic rings. The van der Waals surface area contributed by atoms with Gasteiger partial charge in [0.2, 0.25) is 11.8 Å². The van der Waals surface area contributed by atoms with Crippen LogP contribution in [0.2, 0.25) is 0 Å². The molecule has 0 aromatic carbocycles. The predicted octanol–water partition coefficient (Wildman–Crippen LogP) is 2.10. The zero-order chi connectivity index (χ0) is 11.2. The van der Waals surface area contributed by atoms with E-state index in [-0.39, 0.29) is 0 Å². The largest absolute Gasteiger partial charge is 0.425 e. The molecule has 0 bridgehead atoms. The predicted molar refractivity (Wildman–Crippen MR) is 62.3 cm³/mol. The molecule has 16 heavy (non-hydrogen) atoms. The summed E-state index contributed by atoms with van der Waals surface area (Å²) in [4.78, 5) is 0. The monoisotopic (exact) mass is 223 g/mol. The van der Waals surface area contributed by atoms with Crippen molar-refractivity contribution in [1.82, 2.24) is 15.5 Å². The Labute approximate surface area is 96.8 Å². The molecular formula is C12H21N3O. The highest BCUT2D eigenvalue weighted by molar-refractivity contribution is 4.85. The first-order valence-corrected chi connectivity index (χ1v) is 6.43. The third kappa shape index (κ3) is 3.93. The molecular weight excluding hydrogens is 202 g/mol. The summed E-state index contributed by atoms with van der Waals surface area (Å²) in [5.74, 6) is 1.58. The summed E-state index contributed by atoms with van der Waals surface area (Å²) in [6, 6.07) is 0.756. The highest BCUT2D eigenvalue weighted by Crippen LogP contribution is 2.18. The van der Waals surface area contributed by atoms with Crippen LogP contribution in [0.25, 0.3) is 0 Å². The van der Waals surface area contributed by atoms with Crippen molar-refractivity contribution in [3.05, 3.63) is 11.8 Å². The molecule has 0 atom stereocenters. The second-order valence-electron chi connectivity index (χ2n) is 4.53. The summed E-state index contributed by atoms with van der Waals surface area (Å²) < 4.78 is 5.57. The molecule has 1 aliphatic carbocycles. The minimum Gasteiger partial charge on any atom is -0.425 e. The SMILES string of the molecule is CCCCCc1nnc(CCNC2CC2)o1. The van der Waals surface area contributed by atoms with Crippen LogP contribution in [0.1, 0.15) is 50.8 Å². The molecule has 2 rings (SSSR count). The lowest BCUT2D eigenvalue weighted by Gasteiger charge is -1.97. The van der Waals surface area contributed by atoms with Crippen LogP contribution >= 0.6 is 0 Å². The van der Waals surface area contributed by atoms with Crippen molar-refractivity contribution in [2.24, 2.45) is 0 Å². The van der Waals surface area contributed by atoms with E-state index in [1.165, 1.54) is 25.7 Å². The maximum Gasteiger partial charge on any atom is 0.217 e. The average molecular weight is 223 g/mol. The van der Waals surface area contributed by atoms with Crippen molar-refractivity contribution < 1.29 is 4.42 Å². The van der Waals surface area contributed by atoms with Crippen LogP contribution < -0.4 is 5.32 Å². The van der Waals surface area contributed by atoms with Gasteiger partial charge in [0.1, 0.15) is 0 Å². The Morgan fingerprint density at radius 3 is 2.62 bits per heavy atom. The van der Waals surface area contributed by atoms with Crippen LogP contribution in [0, 0.1) is 0 Å². The second-order valence-corrected chi connectivity index (χ2v) is 4.53. The fraction of sp³-hybridized carbons (Fsp3) is 0.833. The van der Waals surface area contributed by atoms with E-state index >= 15 is 0 Å². The van der Waals surface area contributed by atoms with Crippen LogP contribution in [-0.2, 0) is 12.8 Å². The van der Waals surface area contributed by atoms with Crippen LogP contribution in [-0.4, -0.2) is 22.8 Å². The number of hydrogen-bond donors (Lipinski definition) is 1. The van der Waals surface area contributed by atoms with Crippen LogP contribution in [0.4, 0.5) is 0 Å². The van der Waals surface area contributed by atoms with Crippen LogP contribution in [0.5, 0.6) is 0 Å². The Kier molecular flexibility index (Phi) is 4.34. The van der Waals surface area contributed by atoms with Crippen molar-refractivity contribution in [2.45, 2.75) is 57.9 Å². The lowest BCUT2D eigenvalue weighted by molar-refractivity contribution is 0.436. The molecule has 1 N–H and O–H groups in total. The highest BCUT2D eigenvalue weighted by Gasteiger charge is 2.20. The van der Waals surface area contributed by atoms with Gasteiger partial charge in [-0.1, -0.05) is 19.8 Å². The summed E-state index contributed by atoms with van der Waals surface area (Å²) in [6.07, 6.45) is 8.05. The van der Waals surface area contributed by atoms with Crippen molar-refractivity contribution in [3.63, 3.8) is 0 Å². The molecule has 1 fully saturated rings. The fourth-order valence-electron chi connectivity index (χ4n) is 1.69. The minimum atomic E-state index is 0.756. The van der Waals surface area contributed by atoms with Gasteiger partial charge in [0.25, 0.3) is 0 Å². The molecule has 0 aliphatic heterocycles. The third-order valence-electron chi connectivity index (χ3n) is 2.85. The number of nitrogens with zero attached hydrogens (tertiary/aromatic N) is 2. The van der Waals surface area contributed by atoms with Gasteiger partial charge >= 0.3 is 0 Å². The Morgan fingerprint density at radius 2 is 1.94 bits per heavy atom. The topological polar surface area (TPSA) is 51.0 Å². The molecule has 0 amide bonds. The molecule has 1 saturated carbocycles. The van der Waals surface area contributed by atoms with E-state index in [4.69, 9.17) is 4.42 Å². The normalized spacial score (nSPS) is 15.6. The second kappa shape index (κ2) is 5.99. The van der Waals surface area contributed by atoms with Crippen LogP contribution in [0.15, 0.2) is 4.42 Å². The Bertz CT molecular complexity index is 307. The van der Waals surface area contributed by atoms with E-state index in [9.17, 15) is 0 Å². The van der Waals surface area contributed by atoms with Gasteiger partial charge in [0, 0.05) is 25.4 Å². The van der Waals surface area contributed by atoms with E-state index in [2.05, 4.69) is 22.4 Å². The number of unbranched alkanes of at least 4 members (excludes halogenated alkanes) is 2. The fourth-order valence-corrected chi connectivity index (χ4v) is 1.69. The average Bonchev–Trinajstić information content (AvgIpc) is 2.99. The number of aromatic nitrogens is 2. The molecule has 0 spiro atoms. The quantitative estimate of drug-likeness (QED) is 0.686. The van der Waals surface area contributed by atoms with Crippen molar-refractivity contribution in [1.29, 1.82) is 0 Å². The van der Waals surface area contributed by atoms with Crippen molar-refractivity contribution >= 4 is 0 Å². The molecule has 0 radical (unpaired) electrons. The summed E-state index contributed by atoms with van der Waals surface area (Å²) in [6.45, 7) is 3.16. The van der Waals surface area contributed by atoms with E-state index in [0.717, 1.165) is 43.6 Å². The first-order chi connectivity index (χ1) is 7.88. The highest BCUT2D eigenvalue weighted by atomic mass is 16.4. The molecule has 1 aromatic heterocycles. The summed E-state index contributed by atoms with van der Waals surface area (Å²) in [5.41, 5.74) is 0. The number of nitrogens with one attached hydrogen (secondary N) is 1. The van der Waals surface area contributed by atoms with Gasteiger partial charge in [0.15, 0.2) is 0 Å². The Morgan fingerprint density at radius 1 is 1.19 bits per heavy atom. The molecule has 1 aliphatic rings. The van der Waals surface area contributed by atoms with Gasteiger partial charge in [-0.05, 0) is 19.3 Å². The third-order valence-corrected chi connectivity index (χ3v) is 2.85. The zero-order valence-corrected chi connectivity index (χ0v) is 10.0. The minimum absolute atomic E-state index is 0.756. The first-order valence-electron chi connectivity index (χ1n) is 6.43. The van der Waals surface area contributed by atoms with Gasteiger partial charge in [-0.25, -0.2) is 0 Å². The van der Waals surface area contributed by atoms with E-state index < -0.39 is 0 Å². The molecule has 1 heterocycles. The van der Waals surface area contributed by atoms with Gasteiger partial charge in [-0.2, -0.15) is 0 Å². The van der Waals surface area contributed by atoms with Gasteiger partial charge in [0.05, 0.1) is 0 Å². The standard InChI is InChI=1S/C12H21N3O/c1-2-3-4-5-11-14-15-12(16-11)8-9-13-10-6-7-10/h10,13H,2-9H2,1H3. The Balaban J connectivity index is 1.64. The Hall–Kier alpha value is -0.900. The summed E-state index contributed by atoms with van der Waals surface area (Å²) in [5, 5.41) is 11.6. The van der Waals surface area contributed by atoms with E-state index in [0.29, 0.717) is 0 Å². The van der Waals surface area contributed by atoms with E-state index in [1.54, 1.807) is 0 Å². The maximum absolute atomic E-state index is 5.57. The summed E-state index contributed by atoms with van der Waals surface area (Å²) >= 11 is 0. The number of aryl methyl sites for hydroxylation is 1. The van der Waals surface area contributed by atoms with E-state index in [1.807, 2.05) is 0 Å². The van der Waals surface area contributed by atoms with Crippen LogP contribution in [0.3, 0.4) is 0 Å². The lowest BCUT2D eigenvalue weighted by atomic mass is 10.2. The van der Waals surface area contributed by atoms with Gasteiger partial charge < -0.3 is 9.73 Å². The number of rotatable bonds is 8. The molecule has 90 valence electrons. The van der Waals surface area contributed by atoms with Gasteiger partial charge in [-0.15, -0.1) is 10.2 Å². The molecule has 4 heteroatoms. The van der Waals surface area contributed by atoms with Crippen molar-refractivity contribution in [2.75, 3.05) is 6.54 Å². The maximum atomic E-state index is 5.57. The summed E-state index contributed by atoms with van der Waals surface area (Å²) in [7, 11) is 0. The molecule has 0 saturated heterocycles. The van der Waals surface area contributed by atoms with Crippen molar-refractivity contribution in [3.8, 4) is 0 Å². The smallest absolute Gasteiger partial charge is 0.217 e. The molecule has 4 nitrogen and oxygen atoms in total. The lowest BCUT2D eigenvalue weighted by Crippen LogP contribution is -2.19. The van der Waals surface area contributed by atoms with Gasteiger partial charge in [-0.3, -0.25) is 0 Å². The first kappa shape index (κ1) is 11.6. The molecule has 0 unspecified atom stereocenters. The number of hydrogen-bond acceptors (Lipinski definition) is 4.